The van der Waals surface area contributed by atoms with Gasteiger partial charge < -0.3 is 0 Å². The highest BCUT2D eigenvalue weighted by atomic mass is 32.3. The van der Waals surface area contributed by atoms with Crippen molar-refractivity contribution in [3.05, 3.63) is 6.42 Å². The largest absolute Gasteiger partial charge is 0.397 e. The van der Waals surface area contributed by atoms with Crippen molar-refractivity contribution < 1.29 is 17.2 Å². The molecule has 0 bridgehead atoms. The third-order valence-electron chi connectivity index (χ3n) is 1.32. The van der Waals surface area contributed by atoms with Crippen LogP contribution in [-0.4, -0.2) is 19.6 Å². The minimum Gasteiger partial charge on any atom is -0.264 e. The lowest BCUT2D eigenvalue weighted by Crippen LogP contribution is -2.04. The van der Waals surface area contributed by atoms with Crippen LogP contribution in [0.4, 0.5) is 0 Å². The normalized spacial score (nSPS) is 11.8. The topological polar surface area (TPSA) is 63.6 Å². The number of hydrogen-bond donors (Lipinski definition) is 1. The van der Waals surface area contributed by atoms with Crippen molar-refractivity contribution in [2.45, 2.75) is 32.6 Å². The van der Waals surface area contributed by atoms with E-state index in [1.165, 1.54) is 0 Å². The average molecular weight is 195 g/mol. The SMILES string of the molecule is CCCC[CH]CCOS(=O)(=O)O. The molecule has 0 spiro atoms. The monoisotopic (exact) mass is 195 g/mol. The zero-order valence-electron chi connectivity index (χ0n) is 7.19. The second-order valence-electron chi connectivity index (χ2n) is 2.47. The van der Waals surface area contributed by atoms with E-state index < -0.39 is 10.4 Å². The van der Waals surface area contributed by atoms with Crippen LogP contribution in [0, 0.1) is 6.42 Å². The zero-order chi connectivity index (χ0) is 9.45. The number of hydrogen-bond acceptors (Lipinski definition) is 3. The summed E-state index contributed by atoms with van der Waals surface area (Å²) >= 11 is 0. The average Bonchev–Trinajstić information content (AvgIpc) is 1.94. The summed E-state index contributed by atoms with van der Waals surface area (Å²) in [6.07, 6.45) is 5.70. The molecule has 0 fully saturated rings. The van der Waals surface area contributed by atoms with Crippen molar-refractivity contribution in [2.24, 2.45) is 0 Å². The quantitative estimate of drug-likeness (QED) is 0.495. The Morgan fingerprint density at radius 2 is 2.08 bits per heavy atom. The van der Waals surface area contributed by atoms with Crippen molar-refractivity contribution in [2.75, 3.05) is 6.61 Å². The lowest BCUT2D eigenvalue weighted by atomic mass is 10.2. The van der Waals surface area contributed by atoms with E-state index in [4.69, 9.17) is 4.55 Å². The molecule has 12 heavy (non-hydrogen) atoms. The van der Waals surface area contributed by atoms with Crippen molar-refractivity contribution in [1.82, 2.24) is 0 Å². The fourth-order valence-corrected chi connectivity index (χ4v) is 1.04. The van der Waals surface area contributed by atoms with Crippen LogP contribution in [0.5, 0.6) is 0 Å². The second-order valence-corrected chi connectivity index (χ2v) is 3.56. The van der Waals surface area contributed by atoms with Crippen molar-refractivity contribution in [3.8, 4) is 0 Å². The van der Waals surface area contributed by atoms with Gasteiger partial charge in [-0.3, -0.25) is 4.55 Å². The summed E-state index contributed by atoms with van der Waals surface area (Å²) in [7, 11) is -4.24. The summed E-state index contributed by atoms with van der Waals surface area (Å²) < 4.78 is 32.3. The van der Waals surface area contributed by atoms with E-state index >= 15 is 0 Å². The molecular weight excluding hydrogens is 180 g/mol. The second kappa shape index (κ2) is 6.39. The molecule has 0 saturated carbocycles. The van der Waals surface area contributed by atoms with Gasteiger partial charge in [0.05, 0.1) is 6.61 Å². The van der Waals surface area contributed by atoms with Gasteiger partial charge in [0.1, 0.15) is 0 Å². The Balaban J connectivity index is 3.12. The zero-order valence-corrected chi connectivity index (χ0v) is 8.01. The maximum absolute atomic E-state index is 10.0. The van der Waals surface area contributed by atoms with Gasteiger partial charge in [0.25, 0.3) is 0 Å². The molecule has 1 radical (unpaired) electrons. The van der Waals surface area contributed by atoms with Crippen molar-refractivity contribution in [1.29, 1.82) is 0 Å². The van der Waals surface area contributed by atoms with Gasteiger partial charge in [0.2, 0.25) is 0 Å². The predicted molar refractivity (Wildman–Crippen MR) is 45.9 cm³/mol. The van der Waals surface area contributed by atoms with Gasteiger partial charge in [-0.25, -0.2) is 4.18 Å². The molecule has 0 aliphatic heterocycles. The number of rotatable bonds is 7. The van der Waals surface area contributed by atoms with Gasteiger partial charge in [0, 0.05) is 0 Å². The molecule has 0 heterocycles. The third kappa shape index (κ3) is 9.87. The van der Waals surface area contributed by atoms with E-state index in [9.17, 15) is 8.42 Å². The Labute approximate surface area is 73.9 Å². The molecular formula is C7H15O4S. The summed E-state index contributed by atoms with van der Waals surface area (Å²) in [6, 6.07) is 0. The van der Waals surface area contributed by atoms with Crippen LogP contribution >= 0.6 is 0 Å². The van der Waals surface area contributed by atoms with Gasteiger partial charge in [-0.1, -0.05) is 26.2 Å². The molecule has 0 aliphatic rings. The van der Waals surface area contributed by atoms with Gasteiger partial charge in [-0.2, -0.15) is 8.42 Å². The van der Waals surface area contributed by atoms with Crippen LogP contribution in [0.2, 0.25) is 0 Å². The number of unbranched alkanes of at least 4 members (excludes halogenated alkanes) is 4. The Bertz CT molecular complexity index is 186. The Hall–Kier alpha value is -0.130. The highest BCUT2D eigenvalue weighted by Crippen LogP contribution is 2.01. The summed E-state index contributed by atoms with van der Waals surface area (Å²) in [5.41, 5.74) is 0. The van der Waals surface area contributed by atoms with Crippen molar-refractivity contribution >= 4 is 10.4 Å². The molecule has 0 aliphatic carbocycles. The minimum absolute atomic E-state index is 0.0303. The van der Waals surface area contributed by atoms with E-state index in [2.05, 4.69) is 11.1 Å². The first-order valence-electron chi connectivity index (χ1n) is 3.99. The van der Waals surface area contributed by atoms with Crippen LogP contribution in [0.25, 0.3) is 0 Å². The van der Waals surface area contributed by atoms with E-state index in [1.807, 2.05) is 6.42 Å². The van der Waals surface area contributed by atoms with Gasteiger partial charge in [-0.05, 0) is 12.8 Å². The van der Waals surface area contributed by atoms with Crippen LogP contribution in [0.15, 0.2) is 0 Å². The lowest BCUT2D eigenvalue weighted by molar-refractivity contribution is 0.270. The first-order valence-corrected chi connectivity index (χ1v) is 5.36. The van der Waals surface area contributed by atoms with Crippen LogP contribution in [-0.2, 0) is 14.6 Å². The van der Waals surface area contributed by atoms with Crippen LogP contribution in [0.3, 0.4) is 0 Å². The fourth-order valence-electron chi connectivity index (χ4n) is 0.730. The standard InChI is InChI=1S/C7H15O4S/c1-2-3-4-5-6-7-11-12(8,9)10/h5H,2-4,6-7H2,1H3,(H,8,9,10). The minimum atomic E-state index is -4.24. The molecule has 0 aromatic heterocycles. The Kier molecular flexibility index (Phi) is 6.32. The summed E-state index contributed by atoms with van der Waals surface area (Å²) in [4.78, 5) is 0. The third-order valence-corrected chi connectivity index (χ3v) is 1.78. The molecule has 1 N–H and O–H groups in total. The maximum atomic E-state index is 10.0. The molecule has 0 aromatic carbocycles. The maximum Gasteiger partial charge on any atom is 0.397 e. The van der Waals surface area contributed by atoms with Gasteiger partial charge in [0.15, 0.2) is 0 Å². The molecule has 0 amide bonds. The van der Waals surface area contributed by atoms with E-state index in [1.54, 1.807) is 0 Å². The molecule has 73 valence electrons. The highest BCUT2D eigenvalue weighted by Gasteiger charge is 2.02. The van der Waals surface area contributed by atoms with Crippen LogP contribution in [0.1, 0.15) is 32.6 Å². The molecule has 0 atom stereocenters. The Morgan fingerprint density at radius 1 is 1.42 bits per heavy atom. The van der Waals surface area contributed by atoms with E-state index in [0.29, 0.717) is 6.42 Å². The summed E-state index contributed by atoms with van der Waals surface area (Å²) in [5.74, 6) is 0. The lowest BCUT2D eigenvalue weighted by Gasteiger charge is -1.98. The first kappa shape index (κ1) is 11.9. The fraction of sp³-hybridized carbons (Fsp3) is 0.857. The predicted octanol–water partition coefficient (Wildman–Crippen LogP) is 1.59. The molecule has 0 unspecified atom stereocenters. The van der Waals surface area contributed by atoms with Crippen molar-refractivity contribution in [3.63, 3.8) is 0 Å². The molecule has 5 heteroatoms. The molecule has 0 aromatic rings. The van der Waals surface area contributed by atoms with E-state index in [-0.39, 0.29) is 6.61 Å². The highest BCUT2D eigenvalue weighted by molar-refractivity contribution is 7.80. The Morgan fingerprint density at radius 3 is 2.58 bits per heavy atom. The first-order chi connectivity index (χ1) is 5.56. The van der Waals surface area contributed by atoms with Crippen LogP contribution < -0.4 is 0 Å². The summed E-state index contributed by atoms with van der Waals surface area (Å²) in [6.45, 7) is 2.12. The van der Waals surface area contributed by atoms with E-state index in [0.717, 1.165) is 19.3 Å². The molecule has 0 saturated heterocycles. The summed E-state index contributed by atoms with van der Waals surface area (Å²) in [5, 5.41) is 0. The van der Waals surface area contributed by atoms with Gasteiger partial charge >= 0.3 is 10.4 Å². The van der Waals surface area contributed by atoms with Gasteiger partial charge in [-0.15, -0.1) is 0 Å². The molecule has 0 rings (SSSR count). The smallest absolute Gasteiger partial charge is 0.264 e. The molecule has 4 nitrogen and oxygen atoms in total.